The second-order valence-corrected chi connectivity index (χ2v) is 12.1. The lowest BCUT2D eigenvalue weighted by Crippen LogP contribution is -1.97. The van der Waals surface area contributed by atoms with Crippen LogP contribution in [0.4, 0.5) is 0 Å². The third-order valence-electron chi connectivity index (χ3n) is 9.32. The van der Waals surface area contributed by atoms with Gasteiger partial charge in [0, 0.05) is 38.2 Å². The van der Waals surface area contributed by atoms with Gasteiger partial charge in [0.1, 0.15) is 22.3 Å². The molecule has 0 bridgehead atoms. The van der Waals surface area contributed by atoms with Crippen molar-refractivity contribution in [1.82, 2.24) is 9.97 Å². The van der Waals surface area contributed by atoms with Gasteiger partial charge in [-0.25, -0.2) is 9.97 Å². The van der Waals surface area contributed by atoms with Gasteiger partial charge in [0.25, 0.3) is 0 Å². The number of rotatable bonds is 4. The molecule has 0 N–H and O–H groups in total. The standard InChI is InChI=1S/C44H26N2O2/c1-2-13-29-27(11-1)12-9-18-30(29)31-14-3-4-15-32(31)38-26-39(36-20-10-19-35-33-16-5-8-22-41(33)48-43(35)36)46-44(45-38)28-23-24-42-37(25-28)34-17-6-7-21-40(34)47-42/h1-26H. The van der Waals surface area contributed by atoms with E-state index < -0.39 is 0 Å². The number of hydrogen-bond donors (Lipinski definition) is 0. The Morgan fingerprint density at radius 2 is 0.917 bits per heavy atom. The van der Waals surface area contributed by atoms with E-state index in [-0.39, 0.29) is 0 Å². The molecule has 3 heterocycles. The Morgan fingerprint density at radius 1 is 0.354 bits per heavy atom. The average molecular weight is 615 g/mol. The van der Waals surface area contributed by atoms with E-state index in [0.717, 1.165) is 83.1 Å². The third kappa shape index (κ3) is 4.16. The first kappa shape index (κ1) is 26.7. The van der Waals surface area contributed by atoms with E-state index in [1.807, 2.05) is 48.5 Å². The van der Waals surface area contributed by atoms with Gasteiger partial charge >= 0.3 is 0 Å². The van der Waals surface area contributed by atoms with Crippen LogP contribution in [0.2, 0.25) is 0 Å². The smallest absolute Gasteiger partial charge is 0.160 e. The monoisotopic (exact) mass is 614 g/mol. The minimum Gasteiger partial charge on any atom is -0.456 e. The first-order chi connectivity index (χ1) is 23.8. The van der Waals surface area contributed by atoms with Crippen LogP contribution in [0.15, 0.2) is 167 Å². The van der Waals surface area contributed by atoms with Crippen LogP contribution in [0.5, 0.6) is 0 Å². The zero-order chi connectivity index (χ0) is 31.6. The molecule has 0 aliphatic rings. The molecule has 0 aliphatic heterocycles. The molecule has 4 nitrogen and oxygen atoms in total. The molecule has 0 saturated heterocycles. The van der Waals surface area contributed by atoms with Gasteiger partial charge in [0.2, 0.25) is 0 Å². The molecule has 224 valence electrons. The van der Waals surface area contributed by atoms with Gasteiger partial charge in [0.05, 0.1) is 11.4 Å². The van der Waals surface area contributed by atoms with E-state index >= 15 is 0 Å². The fourth-order valence-corrected chi connectivity index (χ4v) is 7.07. The molecule has 48 heavy (non-hydrogen) atoms. The summed E-state index contributed by atoms with van der Waals surface area (Å²) in [5.74, 6) is 0.635. The number of furan rings is 2. The predicted molar refractivity (Wildman–Crippen MR) is 196 cm³/mol. The maximum Gasteiger partial charge on any atom is 0.160 e. The summed E-state index contributed by atoms with van der Waals surface area (Å²) in [5.41, 5.74) is 10.1. The molecule has 0 saturated carbocycles. The second-order valence-electron chi connectivity index (χ2n) is 12.1. The number of benzene rings is 7. The maximum atomic E-state index is 6.49. The van der Waals surface area contributed by atoms with Crippen LogP contribution >= 0.6 is 0 Å². The number of fused-ring (bicyclic) bond motifs is 7. The summed E-state index contributed by atoms with van der Waals surface area (Å²) in [7, 11) is 0. The minimum atomic E-state index is 0.635. The molecule has 10 aromatic rings. The summed E-state index contributed by atoms with van der Waals surface area (Å²) in [6, 6.07) is 54.4. The quantitative estimate of drug-likeness (QED) is 0.198. The van der Waals surface area contributed by atoms with Crippen molar-refractivity contribution in [3.05, 3.63) is 158 Å². The zero-order valence-electron chi connectivity index (χ0n) is 25.7. The molecule has 7 aromatic carbocycles. The van der Waals surface area contributed by atoms with E-state index in [4.69, 9.17) is 18.8 Å². The molecular formula is C44H26N2O2. The van der Waals surface area contributed by atoms with Gasteiger partial charge in [-0.1, -0.05) is 115 Å². The van der Waals surface area contributed by atoms with Crippen molar-refractivity contribution in [2.45, 2.75) is 0 Å². The Labute approximate surface area is 275 Å². The first-order valence-electron chi connectivity index (χ1n) is 16.1. The maximum absolute atomic E-state index is 6.49. The molecule has 4 heteroatoms. The van der Waals surface area contributed by atoms with Crippen LogP contribution in [-0.4, -0.2) is 9.97 Å². The minimum absolute atomic E-state index is 0.635. The van der Waals surface area contributed by atoms with Gasteiger partial charge in [-0.05, 0) is 64.4 Å². The van der Waals surface area contributed by atoms with Crippen molar-refractivity contribution in [1.29, 1.82) is 0 Å². The van der Waals surface area contributed by atoms with Gasteiger partial charge in [-0.3, -0.25) is 0 Å². The SMILES string of the molecule is c1ccc(-c2cccc3ccccc23)c(-c2cc(-c3cccc4c3oc3ccccc34)nc(-c3ccc4oc5ccccc5c4c3)n2)c1. The number of hydrogen-bond acceptors (Lipinski definition) is 4. The Kier molecular flexibility index (Phi) is 5.84. The largest absolute Gasteiger partial charge is 0.456 e. The van der Waals surface area contributed by atoms with Crippen molar-refractivity contribution in [3.8, 4) is 45.0 Å². The third-order valence-corrected chi connectivity index (χ3v) is 9.32. The van der Waals surface area contributed by atoms with Crippen molar-refractivity contribution in [3.63, 3.8) is 0 Å². The number of para-hydroxylation sites is 3. The molecule has 0 unspecified atom stereocenters. The Morgan fingerprint density at radius 3 is 1.77 bits per heavy atom. The highest BCUT2D eigenvalue weighted by molar-refractivity contribution is 6.10. The fraction of sp³-hybridized carbons (Fsp3) is 0. The molecule has 0 radical (unpaired) electrons. The van der Waals surface area contributed by atoms with Crippen LogP contribution in [0, 0.1) is 0 Å². The zero-order valence-corrected chi connectivity index (χ0v) is 25.7. The van der Waals surface area contributed by atoms with Gasteiger partial charge in [0.15, 0.2) is 5.82 Å². The lowest BCUT2D eigenvalue weighted by atomic mass is 9.93. The van der Waals surface area contributed by atoms with Crippen LogP contribution in [0.3, 0.4) is 0 Å². The summed E-state index contributed by atoms with van der Waals surface area (Å²) in [5, 5.41) is 6.65. The summed E-state index contributed by atoms with van der Waals surface area (Å²) in [6.07, 6.45) is 0. The van der Waals surface area contributed by atoms with Crippen molar-refractivity contribution >= 4 is 54.6 Å². The Balaban J connectivity index is 1.25. The van der Waals surface area contributed by atoms with Crippen LogP contribution in [-0.2, 0) is 0 Å². The Bertz CT molecular complexity index is 2850. The van der Waals surface area contributed by atoms with Gasteiger partial charge in [-0.2, -0.15) is 0 Å². The highest BCUT2D eigenvalue weighted by Crippen LogP contribution is 2.40. The highest BCUT2D eigenvalue weighted by atomic mass is 16.3. The summed E-state index contributed by atoms with van der Waals surface area (Å²) in [4.78, 5) is 10.5. The van der Waals surface area contributed by atoms with E-state index in [2.05, 4.69) is 109 Å². The molecule has 3 aromatic heterocycles. The van der Waals surface area contributed by atoms with E-state index in [0.29, 0.717) is 5.82 Å². The van der Waals surface area contributed by atoms with E-state index in [9.17, 15) is 0 Å². The fourth-order valence-electron chi connectivity index (χ4n) is 7.07. The van der Waals surface area contributed by atoms with Crippen LogP contribution in [0.1, 0.15) is 0 Å². The van der Waals surface area contributed by atoms with Gasteiger partial charge in [-0.15, -0.1) is 0 Å². The number of aromatic nitrogens is 2. The molecular weight excluding hydrogens is 588 g/mol. The van der Waals surface area contributed by atoms with Crippen molar-refractivity contribution < 1.29 is 8.83 Å². The van der Waals surface area contributed by atoms with Gasteiger partial charge < -0.3 is 8.83 Å². The summed E-state index contributed by atoms with van der Waals surface area (Å²) in [6.45, 7) is 0. The highest BCUT2D eigenvalue weighted by Gasteiger charge is 2.19. The summed E-state index contributed by atoms with van der Waals surface area (Å²) >= 11 is 0. The molecule has 0 amide bonds. The first-order valence-corrected chi connectivity index (χ1v) is 16.1. The lowest BCUT2D eigenvalue weighted by Gasteiger charge is -2.14. The molecule has 0 aliphatic carbocycles. The normalized spacial score (nSPS) is 11.8. The molecule has 10 rings (SSSR count). The molecule has 0 fully saturated rings. The molecule has 0 spiro atoms. The van der Waals surface area contributed by atoms with E-state index in [1.165, 1.54) is 10.8 Å². The second kappa shape index (κ2) is 10.5. The van der Waals surface area contributed by atoms with Crippen molar-refractivity contribution in [2.75, 3.05) is 0 Å². The predicted octanol–water partition coefficient (Wildman–Crippen LogP) is 12.1. The molecule has 0 atom stereocenters. The number of nitrogens with zero attached hydrogens (tertiary/aromatic N) is 2. The van der Waals surface area contributed by atoms with Crippen LogP contribution in [0.25, 0.3) is 99.7 Å². The van der Waals surface area contributed by atoms with E-state index in [1.54, 1.807) is 0 Å². The Hall–Kier alpha value is -6.52. The lowest BCUT2D eigenvalue weighted by molar-refractivity contribution is 0.669. The van der Waals surface area contributed by atoms with Crippen LogP contribution < -0.4 is 0 Å². The average Bonchev–Trinajstić information content (AvgIpc) is 3.72. The van der Waals surface area contributed by atoms with Crippen molar-refractivity contribution in [2.24, 2.45) is 0 Å². The topological polar surface area (TPSA) is 52.1 Å². The summed E-state index contributed by atoms with van der Waals surface area (Å²) < 4.78 is 12.6.